The highest BCUT2D eigenvalue weighted by atomic mass is 79.9. The van der Waals surface area contributed by atoms with Gasteiger partial charge in [-0.25, -0.2) is 14.8 Å². The lowest BCUT2D eigenvalue weighted by Crippen LogP contribution is -2.07. The van der Waals surface area contributed by atoms with Crippen molar-refractivity contribution in [3.05, 3.63) is 52.4 Å². The number of nitrogens with one attached hydrogen (secondary N) is 1. The molecule has 3 rings (SSSR count). The number of fused-ring (bicyclic) bond motifs is 1. The van der Waals surface area contributed by atoms with Crippen LogP contribution in [0.15, 0.2) is 41.0 Å². The van der Waals surface area contributed by atoms with Crippen molar-refractivity contribution in [1.29, 1.82) is 0 Å². The molecule has 0 aliphatic rings. The molecule has 1 atom stereocenters. The van der Waals surface area contributed by atoms with Crippen LogP contribution in [0, 0.1) is 0 Å². The van der Waals surface area contributed by atoms with E-state index in [1.807, 2.05) is 6.07 Å². The van der Waals surface area contributed by atoms with E-state index in [2.05, 4.69) is 30.9 Å². The zero-order valence-electron chi connectivity index (χ0n) is 15.0. The van der Waals surface area contributed by atoms with Gasteiger partial charge in [0.1, 0.15) is 17.3 Å². The minimum atomic E-state index is -0.546. The highest BCUT2D eigenvalue weighted by Crippen LogP contribution is 2.24. The molecular weight excluding hydrogens is 414 g/mol. The molecule has 1 N–H and O–H groups in total. The lowest BCUT2D eigenvalue weighted by atomic mass is 10.2. The first-order valence-electron chi connectivity index (χ1n) is 8.11. The summed E-state index contributed by atoms with van der Waals surface area (Å²) < 4.78 is 16.7. The molecule has 2 heterocycles. The summed E-state index contributed by atoms with van der Waals surface area (Å²) >= 11 is 3.36. The number of aromatic nitrogens is 3. The van der Waals surface area contributed by atoms with Gasteiger partial charge in [-0.1, -0.05) is 0 Å². The lowest BCUT2D eigenvalue weighted by molar-refractivity contribution is -0.142. The number of carbonyl (C=O) groups excluding carboxylic acids is 1. The maximum Gasteiger partial charge on any atom is 0.331 e. The fourth-order valence-corrected chi connectivity index (χ4v) is 2.78. The number of H-pyrrole nitrogens is 1. The summed E-state index contributed by atoms with van der Waals surface area (Å²) in [6, 6.07) is 7.20. The normalized spacial score (nSPS) is 12.3. The molecular formula is C19H18BrN3O4. The van der Waals surface area contributed by atoms with Crippen molar-refractivity contribution in [2.24, 2.45) is 0 Å². The summed E-state index contributed by atoms with van der Waals surface area (Å²) in [5.41, 5.74) is 2.09. The molecule has 0 radical (unpaired) electrons. The van der Waals surface area contributed by atoms with Crippen molar-refractivity contribution in [2.75, 3.05) is 14.2 Å². The van der Waals surface area contributed by atoms with Crippen LogP contribution in [0.3, 0.4) is 0 Å². The van der Waals surface area contributed by atoms with Crippen LogP contribution in [0.25, 0.3) is 17.2 Å². The molecule has 1 unspecified atom stereocenters. The van der Waals surface area contributed by atoms with E-state index in [9.17, 15) is 4.79 Å². The monoisotopic (exact) mass is 431 g/mol. The third-order valence-corrected chi connectivity index (χ3v) is 4.22. The molecule has 2 aromatic heterocycles. The fraction of sp³-hybridized carbons (Fsp3) is 0.211. The Labute approximate surface area is 164 Å². The zero-order chi connectivity index (χ0) is 19.4. The Morgan fingerprint density at radius 3 is 2.56 bits per heavy atom. The quantitative estimate of drug-likeness (QED) is 0.467. The van der Waals surface area contributed by atoms with Gasteiger partial charge in [-0.15, -0.1) is 0 Å². The number of rotatable bonds is 6. The third kappa shape index (κ3) is 4.65. The van der Waals surface area contributed by atoms with E-state index in [-0.39, 0.29) is 0 Å². The predicted molar refractivity (Wildman–Crippen MR) is 105 cm³/mol. The number of aromatic amines is 1. The largest absolute Gasteiger partial charge is 0.497 e. The third-order valence-electron chi connectivity index (χ3n) is 3.79. The molecule has 0 saturated heterocycles. The topological polar surface area (TPSA) is 86.3 Å². The SMILES string of the molecule is COc1cc(C=CC(=O)OC(C)c2nc3ncc(Br)cc3[nH]2)cc(OC)c1. The van der Waals surface area contributed by atoms with Gasteiger partial charge in [0.25, 0.3) is 0 Å². The standard InChI is InChI=1S/C19H18BrN3O4/c1-11(18-22-16-8-13(20)10-21-19(16)23-18)27-17(24)5-4-12-6-14(25-2)9-15(7-12)26-3/h4-11H,1-3H3,(H,21,22,23). The van der Waals surface area contributed by atoms with Crippen LogP contribution >= 0.6 is 15.9 Å². The molecule has 7 nitrogen and oxygen atoms in total. The summed E-state index contributed by atoms with van der Waals surface area (Å²) in [5.74, 6) is 1.31. The average molecular weight is 432 g/mol. The highest BCUT2D eigenvalue weighted by molar-refractivity contribution is 9.10. The number of esters is 1. The number of imidazole rings is 1. The zero-order valence-corrected chi connectivity index (χ0v) is 16.6. The second-order valence-electron chi connectivity index (χ2n) is 5.71. The van der Waals surface area contributed by atoms with Crippen LogP contribution in [0.2, 0.25) is 0 Å². The minimum Gasteiger partial charge on any atom is -0.497 e. The van der Waals surface area contributed by atoms with Crippen molar-refractivity contribution in [1.82, 2.24) is 15.0 Å². The van der Waals surface area contributed by atoms with Crippen molar-refractivity contribution in [2.45, 2.75) is 13.0 Å². The van der Waals surface area contributed by atoms with E-state index in [1.165, 1.54) is 6.08 Å². The molecule has 3 aromatic rings. The van der Waals surface area contributed by atoms with Crippen LogP contribution < -0.4 is 9.47 Å². The van der Waals surface area contributed by atoms with Gasteiger partial charge in [0.15, 0.2) is 11.8 Å². The summed E-state index contributed by atoms with van der Waals surface area (Å²) in [7, 11) is 3.14. The second kappa shape index (κ2) is 8.22. The van der Waals surface area contributed by atoms with Crippen LogP contribution in [0.5, 0.6) is 11.5 Å². The molecule has 0 aliphatic heterocycles. The van der Waals surface area contributed by atoms with Crippen molar-refractivity contribution in [3.8, 4) is 11.5 Å². The summed E-state index contributed by atoms with van der Waals surface area (Å²) in [4.78, 5) is 23.8. The number of halogens is 1. The van der Waals surface area contributed by atoms with Gasteiger partial charge in [-0.3, -0.25) is 0 Å². The van der Waals surface area contributed by atoms with Gasteiger partial charge in [0, 0.05) is 22.8 Å². The van der Waals surface area contributed by atoms with E-state index >= 15 is 0 Å². The van der Waals surface area contributed by atoms with Crippen LogP contribution in [-0.2, 0) is 9.53 Å². The molecule has 1 aromatic carbocycles. The van der Waals surface area contributed by atoms with Gasteiger partial charge in [-0.2, -0.15) is 0 Å². The molecule has 0 bridgehead atoms. The van der Waals surface area contributed by atoms with E-state index in [1.54, 1.807) is 51.6 Å². The number of ether oxygens (including phenoxy) is 3. The number of nitrogens with zero attached hydrogens (tertiary/aromatic N) is 2. The van der Waals surface area contributed by atoms with E-state index in [4.69, 9.17) is 14.2 Å². The first-order chi connectivity index (χ1) is 13.0. The maximum absolute atomic E-state index is 12.1. The Hall–Kier alpha value is -2.87. The lowest BCUT2D eigenvalue weighted by Gasteiger charge is -2.09. The molecule has 0 saturated carbocycles. The highest BCUT2D eigenvalue weighted by Gasteiger charge is 2.15. The Bertz CT molecular complexity index is 978. The van der Waals surface area contributed by atoms with Gasteiger partial charge in [-0.05, 0) is 52.7 Å². The van der Waals surface area contributed by atoms with Crippen molar-refractivity contribution in [3.63, 3.8) is 0 Å². The maximum atomic E-state index is 12.1. The van der Waals surface area contributed by atoms with E-state index < -0.39 is 12.1 Å². The molecule has 27 heavy (non-hydrogen) atoms. The average Bonchev–Trinajstić information content (AvgIpc) is 3.09. The molecule has 140 valence electrons. The van der Waals surface area contributed by atoms with Crippen LogP contribution in [0.4, 0.5) is 0 Å². The Morgan fingerprint density at radius 2 is 1.89 bits per heavy atom. The molecule has 0 spiro atoms. The predicted octanol–water partition coefficient (Wildman–Crippen LogP) is 4.06. The molecule has 0 aliphatic carbocycles. The molecule has 0 amide bonds. The Balaban J connectivity index is 1.70. The molecule has 0 fully saturated rings. The van der Waals surface area contributed by atoms with Gasteiger partial charge < -0.3 is 19.2 Å². The van der Waals surface area contributed by atoms with Gasteiger partial charge in [0.05, 0.1) is 19.7 Å². The summed E-state index contributed by atoms with van der Waals surface area (Å²) in [6.45, 7) is 1.74. The molecule has 8 heteroatoms. The first kappa shape index (κ1) is 18.9. The number of hydrogen-bond donors (Lipinski definition) is 1. The van der Waals surface area contributed by atoms with Crippen molar-refractivity contribution < 1.29 is 19.0 Å². The smallest absolute Gasteiger partial charge is 0.331 e. The van der Waals surface area contributed by atoms with Gasteiger partial charge >= 0.3 is 5.97 Å². The number of benzene rings is 1. The number of carbonyl (C=O) groups is 1. The minimum absolute atomic E-state index is 0.487. The van der Waals surface area contributed by atoms with Crippen LogP contribution in [-0.4, -0.2) is 35.1 Å². The van der Waals surface area contributed by atoms with Crippen LogP contribution in [0.1, 0.15) is 24.4 Å². The fourth-order valence-electron chi connectivity index (χ4n) is 2.44. The van der Waals surface area contributed by atoms with E-state index in [0.29, 0.717) is 23.0 Å². The number of hydrogen-bond acceptors (Lipinski definition) is 6. The Morgan fingerprint density at radius 1 is 1.19 bits per heavy atom. The first-order valence-corrected chi connectivity index (χ1v) is 8.90. The summed E-state index contributed by atoms with van der Waals surface area (Å²) in [5, 5.41) is 0. The number of pyridine rings is 1. The summed E-state index contributed by atoms with van der Waals surface area (Å²) in [6.07, 6.45) is 4.10. The van der Waals surface area contributed by atoms with Crippen molar-refractivity contribution >= 4 is 39.1 Å². The Kier molecular flexibility index (Phi) is 5.75. The van der Waals surface area contributed by atoms with E-state index in [0.717, 1.165) is 15.6 Å². The van der Waals surface area contributed by atoms with Gasteiger partial charge in [0.2, 0.25) is 0 Å². The second-order valence-corrected chi connectivity index (χ2v) is 6.62. The number of methoxy groups -OCH3 is 2.